The van der Waals surface area contributed by atoms with Gasteiger partial charge in [-0.25, -0.2) is 8.93 Å². The highest BCUT2D eigenvalue weighted by Gasteiger charge is 2.21. The van der Waals surface area contributed by atoms with Crippen molar-refractivity contribution < 1.29 is 28.8 Å². The maximum atomic E-state index is 12.0. The number of rotatable bonds is 9. The average molecular weight is 316 g/mol. The van der Waals surface area contributed by atoms with E-state index in [9.17, 15) is 13.8 Å². The molecule has 21 heavy (non-hydrogen) atoms. The molecule has 0 spiro atoms. The van der Waals surface area contributed by atoms with Crippen molar-refractivity contribution in [2.45, 2.75) is 23.8 Å². The lowest BCUT2D eigenvalue weighted by atomic mass is 10.2. The molecule has 1 aromatic carbocycles. The molecule has 116 valence electrons. The average Bonchev–Trinajstić information content (AvgIpc) is 2.43. The Labute approximate surface area is 123 Å². The van der Waals surface area contributed by atoms with Gasteiger partial charge in [-0.2, -0.15) is 0 Å². The summed E-state index contributed by atoms with van der Waals surface area (Å²) in [5, 5.41) is 17.5. The minimum absolute atomic E-state index is 0.153. The van der Waals surface area contributed by atoms with Gasteiger partial charge in [0.1, 0.15) is 17.0 Å². The molecule has 0 amide bonds. The summed E-state index contributed by atoms with van der Waals surface area (Å²) in [6, 6.07) is 5.12. The number of anilines is 1. The predicted molar refractivity (Wildman–Crippen MR) is 74.9 cm³/mol. The van der Waals surface area contributed by atoms with Crippen LogP contribution in [0.5, 0.6) is 0 Å². The highest BCUT2D eigenvalue weighted by Crippen LogP contribution is 2.12. The summed E-state index contributed by atoms with van der Waals surface area (Å²) in [6.07, 6.45) is -0.475. The predicted octanol–water partition coefficient (Wildman–Crippen LogP) is 0.590. The van der Waals surface area contributed by atoms with Gasteiger partial charge in [0.25, 0.3) is 0 Å². The van der Waals surface area contributed by atoms with E-state index in [1.807, 2.05) is 0 Å². The largest absolute Gasteiger partial charge is 0.481 e. The standard InChI is InChI=1S/C12H16N2O6S/c1-20-13-8-2-4-9(5-3-8)21(19)14-10(12(17)18)6-7-11(15)16/h2-5,10,13-14H,6-7H2,1H3,(H,15,16)(H,17,18). The minimum atomic E-state index is -1.75. The number of nitrogens with one attached hydrogen (secondary N) is 2. The summed E-state index contributed by atoms with van der Waals surface area (Å²) in [5.74, 6) is -2.36. The van der Waals surface area contributed by atoms with E-state index in [-0.39, 0.29) is 12.8 Å². The van der Waals surface area contributed by atoms with E-state index >= 15 is 0 Å². The highest BCUT2D eigenvalue weighted by molar-refractivity contribution is 7.83. The molecule has 0 aromatic heterocycles. The fourth-order valence-corrected chi connectivity index (χ4v) is 2.46. The maximum Gasteiger partial charge on any atom is 0.321 e. The monoisotopic (exact) mass is 316 g/mol. The number of hydrogen-bond donors (Lipinski definition) is 4. The molecule has 2 atom stereocenters. The van der Waals surface area contributed by atoms with Crippen molar-refractivity contribution in [2.24, 2.45) is 0 Å². The summed E-state index contributed by atoms with van der Waals surface area (Å²) in [5.41, 5.74) is 3.24. The van der Waals surface area contributed by atoms with Crippen LogP contribution < -0.4 is 10.2 Å². The Morgan fingerprint density at radius 1 is 1.29 bits per heavy atom. The number of carbonyl (C=O) groups is 2. The van der Waals surface area contributed by atoms with Gasteiger partial charge < -0.3 is 10.2 Å². The normalized spacial score (nSPS) is 13.4. The van der Waals surface area contributed by atoms with Gasteiger partial charge >= 0.3 is 11.9 Å². The number of carboxylic acids is 2. The van der Waals surface area contributed by atoms with E-state index in [0.29, 0.717) is 10.6 Å². The number of hydrogen-bond acceptors (Lipinski definition) is 5. The van der Waals surface area contributed by atoms with Crippen molar-refractivity contribution in [1.29, 1.82) is 0 Å². The fraction of sp³-hybridized carbons (Fsp3) is 0.333. The van der Waals surface area contributed by atoms with E-state index in [2.05, 4.69) is 10.2 Å². The SMILES string of the molecule is CONc1ccc(S(=O)NC(CCC(=O)O)C(=O)O)cc1. The van der Waals surface area contributed by atoms with Gasteiger partial charge in [-0.1, -0.05) is 0 Å². The molecule has 0 radical (unpaired) electrons. The first kappa shape index (κ1) is 17.1. The van der Waals surface area contributed by atoms with Gasteiger partial charge in [-0.3, -0.25) is 19.9 Å². The molecule has 0 aliphatic rings. The fourth-order valence-electron chi connectivity index (χ4n) is 1.46. The summed E-state index contributed by atoms with van der Waals surface area (Å²) < 4.78 is 14.4. The van der Waals surface area contributed by atoms with Crippen molar-refractivity contribution in [3.05, 3.63) is 24.3 Å². The van der Waals surface area contributed by atoms with Crippen molar-refractivity contribution in [3.8, 4) is 0 Å². The molecule has 4 N–H and O–H groups in total. The van der Waals surface area contributed by atoms with Crippen LogP contribution in [0.15, 0.2) is 29.2 Å². The molecule has 0 aliphatic carbocycles. The first-order chi connectivity index (χ1) is 9.93. The van der Waals surface area contributed by atoms with Crippen molar-refractivity contribution in [1.82, 2.24) is 4.72 Å². The van der Waals surface area contributed by atoms with Crippen LogP contribution in [0.1, 0.15) is 12.8 Å². The maximum absolute atomic E-state index is 12.0. The summed E-state index contributed by atoms with van der Waals surface area (Å²) in [4.78, 5) is 26.5. The van der Waals surface area contributed by atoms with Gasteiger partial charge in [0, 0.05) is 6.42 Å². The lowest BCUT2D eigenvalue weighted by Gasteiger charge is -2.13. The Morgan fingerprint density at radius 2 is 1.90 bits per heavy atom. The second-order valence-corrected chi connectivity index (χ2v) is 5.28. The van der Waals surface area contributed by atoms with Crippen LogP contribution in [0.3, 0.4) is 0 Å². The van der Waals surface area contributed by atoms with Gasteiger partial charge in [-0.15, -0.1) is 0 Å². The third kappa shape index (κ3) is 5.90. The molecule has 2 unspecified atom stereocenters. The van der Waals surface area contributed by atoms with Crippen LogP contribution >= 0.6 is 0 Å². The van der Waals surface area contributed by atoms with Crippen LogP contribution in [0.4, 0.5) is 5.69 Å². The molecule has 0 heterocycles. The van der Waals surface area contributed by atoms with Gasteiger partial charge in [0.05, 0.1) is 17.7 Å². The second kappa shape index (κ2) is 8.35. The van der Waals surface area contributed by atoms with Crippen LogP contribution in [0.2, 0.25) is 0 Å². The number of carboxylic acid groups (broad SMARTS) is 2. The van der Waals surface area contributed by atoms with Gasteiger partial charge in [0.2, 0.25) is 0 Å². The molecule has 0 aliphatic heterocycles. The molecule has 0 bridgehead atoms. The minimum Gasteiger partial charge on any atom is -0.481 e. The molecular formula is C12H16N2O6S. The summed E-state index contributed by atoms with van der Waals surface area (Å²) in [7, 11) is -0.301. The molecule has 1 rings (SSSR count). The van der Waals surface area contributed by atoms with E-state index < -0.39 is 29.0 Å². The smallest absolute Gasteiger partial charge is 0.321 e. The van der Waals surface area contributed by atoms with E-state index in [1.165, 1.54) is 7.11 Å². The van der Waals surface area contributed by atoms with Crippen LogP contribution in [-0.4, -0.2) is 39.5 Å². The van der Waals surface area contributed by atoms with Crippen molar-refractivity contribution >= 4 is 28.6 Å². The number of benzene rings is 1. The van der Waals surface area contributed by atoms with Crippen LogP contribution in [0.25, 0.3) is 0 Å². The third-order valence-corrected chi connectivity index (χ3v) is 3.68. The van der Waals surface area contributed by atoms with Crippen LogP contribution in [-0.2, 0) is 25.4 Å². The zero-order chi connectivity index (χ0) is 15.8. The molecule has 0 saturated carbocycles. The third-order valence-electron chi connectivity index (χ3n) is 2.48. The van der Waals surface area contributed by atoms with Crippen LogP contribution in [0, 0.1) is 0 Å². The molecule has 8 nitrogen and oxygen atoms in total. The van der Waals surface area contributed by atoms with Crippen molar-refractivity contribution in [2.75, 3.05) is 12.6 Å². The quantitative estimate of drug-likeness (QED) is 0.491. The topological polar surface area (TPSA) is 125 Å². The number of aliphatic carboxylic acids is 2. The summed E-state index contributed by atoms with van der Waals surface area (Å²) in [6.45, 7) is 0. The Bertz CT molecular complexity index is 519. The molecule has 0 fully saturated rings. The Balaban J connectivity index is 2.67. The molecule has 1 aromatic rings. The summed E-state index contributed by atoms with van der Waals surface area (Å²) >= 11 is 0. The molecule has 0 saturated heterocycles. The second-order valence-electron chi connectivity index (χ2n) is 4.04. The first-order valence-corrected chi connectivity index (χ1v) is 7.10. The highest BCUT2D eigenvalue weighted by atomic mass is 32.2. The van der Waals surface area contributed by atoms with Gasteiger partial charge in [-0.05, 0) is 30.7 Å². The Morgan fingerprint density at radius 3 is 2.38 bits per heavy atom. The first-order valence-electron chi connectivity index (χ1n) is 5.95. The Kier molecular flexibility index (Phi) is 6.79. The zero-order valence-electron chi connectivity index (χ0n) is 11.2. The molecule has 9 heteroatoms. The van der Waals surface area contributed by atoms with Crippen molar-refractivity contribution in [3.63, 3.8) is 0 Å². The Hall–Kier alpha value is -1.97. The van der Waals surface area contributed by atoms with Gasteiger partial charge in [0.15, 0.2) is 0 Å². The lowest BCUT2D eigenvalue weighted by Crippen LogP contribution is -2.38. The molecular weight excluding hydrogens is 300 g/mol. The lowest BCUT2D eigenvalue weighted by molar-refractivity contribution is -0.140. The zero-order valence-corrected chi connectivity index (χ0v) is 12.1. The van der Waals surface area contributed by atoms with E-state index in [4.69, 9.17) is 15.1 Å². The van der Waals surface area contributed by atoms with E-state index in [1.54, 1.807) is 24.3 Å². The van der Waals surface area contributed by atoms with E-state index in [0.717, 1.165) is 0 Å².